The van der Waals surface area contributed by atoms with E-state index in [4.69, 9.17) is 14.2 Å². The summed E-state index contributed by atoms with van der Waals surface area (Å²) in [6.45, 7) is 5.46. The van der Waals surface area contributed by atoms with Crippen molar-refractivity contribution in [3.05, 3.63) is 83.7 Å². The molecule has 4 rings (SSSR count). The van der Waals surface area contributed by atoms with Crippen molar-refractivity contribution in [2.24, 2.45) is 0 Å². The number of nitrogens with zero attached hydrogens (tertiary/aromatic N) is 2. The van der Waals surface area contributed by atoms with Crippen molar-refractivity contribution in [2.45, 2.75) is 26.6 Å². The van der Waals surface area contributed by atoms with Gasteiger partial charge in [0.1, 0.15) is 5.75 Å². The number of rotatable bonds is 8. The Morgan fingerprint density at radius 3 is 2.21 bits per heavy atom. The zero-order valence-corrected chi connectivity index (χ0v) is 16.0. The van der Waals surface area contributed by atoms with Gasteiger partial charge in [-0.15, -0.1) is 0 Å². The minimum Gasteiger partial charge on any atom is -0.494 e. The molecule has 0 fully saturated rings. The smallest absolute Gasteiger partial charge is 0.231 e. The molecule has 0 spiro atoms. The van der Waals surface area contributed by atoms with Crippen LogP contribution in [-0.4, -0.2) is 23.3 Å². The van der Waals surface area contributed by atoms with Crippen molar-refractivity contribution >= 4 is 0 Å². The summed E-state index contributed by atoms with van der Waals surface area (Å²) >= 11 is 0. The second-order valence-corrected chi connectivity index (χ2v) is 6.77. The molecule has 0 unspecified atom stereocenters. The molecular weight excluding hydrogens is 352 g/mol. The lowest BCUT2D eigenvalue weighted by Crippen LogP contribution is -2.22. The van der Waals surface area contributed by atoms with E-state index >= 15 is 0 Å². The van der Waals surface area contributed by atoms with E-state index < -0.39 is 0 Å². The molecular formula is C23H24N2O3. The van der Waals surface area contributed by atoms with Crippen LogP contribution in [0.4, 0.5) is 0 Å². The Balaban J connectivity index is 1.51. The van der Waals surface area contributed by atoms with Gasteiger partial charge >= 0.3 is 0 Å². The van der Waals surface area contributed by atoms with Gasteiger partial charge < -0.3 is 14.2 Å². The molecule has 28 heavy (non-hydrogen) atoms. The van der Waals surface area contributed by atoms with Gasteiger partial charge in [0, 0.05) is 32.0 Å². The first-order valence-electron chi connectivity index (χ1n) is 9.51. The first-order chi connectivity index (χ1) is 13.8. The molecule has 0 N–H and O–H groups in total. The van der Waals surface area contributed by atoms with E-state index in [1.54, 1.807) is 0 Å². The Morgan fingerprint density at radius 1 is 0.821 bits per heavy atom. The van der Waals surface area contributed by atoms with Crippen LogP contribution in [0.1, 0.15) is 23.6 Å². The average molecular weight is 376 g/mol. The molecule has 0 aliphatic carbocycles. The number of pyridine rings is 1. The molecule has 1 aliphatic rings. The summed E-state index contributed by atoms with van der Waals surface area (Å²) in [5, 5.41) is 0. The number of hydrogen-bond acceptors (Lipinski definition) is 5. The molecule has 0 radical (unpaired) electrons. The fourth-order valence-electron chi connectivity index (χ4n) is 3.33. The van der Waals surface area contributed by atoms with Crippen LogP contribution in [-0.2, 0) is 19.6 Å². The fraction of sp³-hybridized carbons (Fsp3) is 0.261. The van der Waals surface area contributed by atoms with Gasteiger partial charge in [-0.2, -0.15) is 0 Å². The van der Waals surface area contributed by atoms with E-state index in [0.29, 0.717) is 13.4 Å². The predicted octanol–water partition coefficient (Wildman–Crippen LogP) is 4.41. The van der Waals surface area contributed by atoms with Crippen LogP contribution in [0.5, 0.6) is 17.2 Å². The van der Waals surface area contributed by atoms with Crippen molar-refractivity contribution in [1.29, 1.82) is 0 Å². The average Bonchev–Trinajstić information content (AvgIpc) is 3.18. The molecule has 0 bridgehead atoms. The summed E-state index contributed by atoms with van der Waals surface area (Å²) in [6.07, 6.45) is 3.68. The summed E-state index contributed by atoms with van der Waals surface area (Å²) in [5.74, 6) is 2.54. The Kier molecular flexibility index (Phi) is 5.73. The Bertz CT molecular complexity index is 897. The lowest BCUT2D eigenvalue weighted by Gasteiger charge is -2.23. The van der Waals surface area contributed by atoms with Crippen molar-refractivity contribution in [1.82, 2.24) is 9.88 Å². The third kappa shape index (κ3) is 4.61. The zero-order chi connectivity index (χ0) is 19.2. The second kappa shape index (κ2) is 8.76. The molecule has 2 heterocycles. The van der Waals surface area contributed by atoms with E-state index in [1.165, 1.54) is 16.7 Å². The first-order valence-corrected chi connectivity index (χ1v) is 9.51. The van der Waals surface area contributed by atoms with Crippen LogP contribution in [0.2, 0.25) is 0 Å². The van der Waals surface area contributed by atoms with E-state index in [0.717, 1.165) is 36.9 Å². The van der Waals surface area contributed by atoms with Crippen molar-refractivity contribution in [3.63, 3.8) is 0 Å². The SMILES string of the molecule is CCOc1ccc(CN(Cc2ccncc2)Cc2ccc3c(c2)OCO3)cc1. The lowest BCUT2D eigenvalue weighted by molar-refractivity contribution is 0.174. The highest BCUT2D eigenvalue weighted by atomic mass is 16.7. The molecule has 5 nitrogen and oxygen atoms in total. The maximum atomic E-state index is 5.55. The van der Waals surface area contributed by atoms with Crippen LogP contribution in [0, 0.1) is 0 Å². The topological polar surface area (TPSA) is 43.8 Å². The van der Waals surface area contributed by atoms with Crippen LogP contribution >= 0.6 is 0 Å². The number of benzene rings is 2. The molecule has 0 saturated heterocycles. The van der Waals surface area contributed by atoms with Crippen molar-refractivity contribution in [3.8, 4) is 17.2 Å². The third-order valence-corrected chi connectivity index (χ3v) is 4.64. The van der Waals surface area contributed by atoms with Gasteiger partial charge in [0.05, 0.1) is 6.61 Å². The number of fused-ring (bicyclic) bond motifs is 1. The molecule has 0 atom stereocenters. The van der Waals surface area contributed by atoms with E-state index in [2.05, 4.69) is 46.3 Å². The Hall–Kier alpha value is -3.05. The summed E-state index contributed by atoms with van der Waals surface area (Å²) in [6, 6.07) is 18.6. The largest absolute Gasteiger partial charge is 0.494 e. The molecule has 2 aromatic carbocycles. The van der Waals surface area contributed by atoms with Gasteiger partial charge in [0.15, 0.2) is 11.5 Å². The van der Waals surface area contributed by atoms with Crippen molar-refractivity contribution < 1.29 is 14.2 Å². The van der Waals surface area contributed by atoms with Crippen molar-refractivity contribution in [2.75, 3.05) is 13.4 Å². The second-order valence-electron chi connectivity index (χ2n) is 6.77. The normalized spacial score (nSPS) is 12.4. The third-order valence-electron chi connectivity index (χ3n) is 4.64. The van der Waals surface area contributed by atoms with Gasteiger partial charge in [-0.1, -0.05) is 18.2 Å². The minimum atomic E-state index is 0.297. The quantitative estimate of drug-likeness (QED) is 0.583. The van der Waals surface area contributed by atoms with Gasteiger partial charge in [-0.3, -0.25) is 9.88 Å². The highest BCUT2D eigenvalue weighted by molar-refractivity contribution is 5.44. The molecule has 3 aromatic rings. The number of aromatic nitrogens is 1. The highest BCUT2D eigenvalue weighted by Crippen LogP contribution is 2.33. The lowest BCUT2D eigenvalue weighted by atomic mass is 10.1. The van der Waals surface area contributed by atoms with E-state index in [1.807, 2.05) is 37.5 Å². The van der Waals surface area contributed by atoms with Gasteiger partial charge in [-0.05, 0) is 60.0 Å². The molecule has 0 amide bonds. The molecule has 1 aromatic heterocycles. The molecule has 0 saturated carbocycles. The van der Waals surface area contributed by atoms with Crippen LogP contribution < -0.4 is 14.2 Å². The van der Waals surface area contributed by atoms with Crippen LogP contribution in [0.3, 0.4) is 0 Å². The maximum absolute atomic E-state index is 5.55. The van der Waals surface area contributed by atoms with Crippen LogP contribution in [0.25, 0.3) is 0 Å². The summed E-state index contributed by atoms with van der Waals surface area (Å²) in [5.41, 5.74) is 3.68. The van der Waals surface area contributed by atoms with E-state index in [-0.39, 0.29) is 0 Å². The monoisotopic (exact) mass is 376 g/mol. The zero-order valence-electron chi connectivity index (χ0n) is 16.0. The molecule has 144 valence electrons. The highest BCUT2D eigenvalue weighted by Gasteiger charge is 2.15. The standard InChI is InChI=1S/C23H24N2O3/c1-2-26-21-6-3-18(4-7-21)14-25(15-19-9-11-24-12-10-19)16-20-5-8-22-23(13-20)28-17-27-22/h3-13H,2,14-17H2,1H3. The Labute approximate surface area is 165 Å². The Morgan fingerprint density at radius 2 is 1.46 bits per heavy atom. The van der Waals surface area contributed by atoms with Crippen LogP contribution in [0.15, 0.2) is 67.0 Å². The van der Waals surface area contributed by atoms with Gasteiger partial charge in [0.2, 0.25) is 6.79 Å². The summed E-state index contributed by atoms with van der Waals surface area (Å²) < 4.78 is 16.5. The number of hydrogen-bond donors (Lipinski definition) is 0. The molecule has 1 aliphatic heterocycles. The summed E-state index contributed by atoms with van der Waals surface area (Å²) in [4.78, 5) is 6.53. The fourth-order valence-corrected chi connectivity index (χ4v) is 3.33. The number of ether oxygens (including phenoxy) is 3. The predicted molar refractivity (Wildman–Crippen MR) is 107 cm³/mol. The van der Waals surface area contributed by atoms with Gasteiger partial charge in [0.25, 0.3) is 0 Å². The van der Waals surface area contributed by atoms with E-state index in [9.17, 15) is 0 Å². The minimum absolute atomic E-state index is 0.297. The first kappa shape index (κ1) is 18.3. The summed E-state index contributed by atoms with van der Waals surface area (Å²) in [7, 11) is 0. The molecule has 5 heteroatoms. The van der Waals surface area contributed by atoms with Gasteiger partial charge in [-0.25, -0.2) is 0 Å². The maximum Gasteiger partial charge on any atom is 0.231 e.